The molecule has 0 aliphatic rings. The van der Waals surface area contributed by atoms with Gasteiger partial charge in [-0.25, -0.2) is 4.98 Å². The largest absolute Gasteiger partial charge is 0.416 e. The number of alkyl halides is 3. The Kier molecular flexibility index (Phi) is 4.37. The van der Waals surface area contributed by atoms with E-state index in [4.69, 9.17) is 11.6 Å². The van der Waals surface area contributed by atoms with E-state index in [0.29, 0.717) is 6.54 Å². The summed E-state index contributed by atoms with van der Waals surface area (Å²) in [5, 5.41) is -0.191. The summed E-state index contributed by atoms with van der Waals surface area (Å²) in [5.74, 6) is 0.151. The summed E-state index contributed by atoms with van der Waals surface area (Å²) in [6, 6.07) is 7.28. The monoisotopic (exact) mass is 315 g/mol. The van der Waals surface area contributed by atoms with Gasteiger partial charge in [-0.3, -0.25) is 4.98 Å². The van der Waals surface area contributed by atoms with E-state index in [0.717, 1.165) is 23.5 Å². The number of anilines is 1. The van der Waals surface area contributed by atoms with Crippen LogP contribution < -0.4 is 4.90 Å². The molecule has 0 radical (unpaired) electrons. The van der Waals surface area contributed by atoms with Gasteiger partial charge in [0.15, 0.2) is 0 Å². The summed E-state index contributed by atoms with van der Waals surface area (Å²) in [6.07, 6.45) is -4.45. The van der Waals surface area contributed by atoms with E-state index in [1.807, 2.05) is 19.1 Å². The van der Waals surface area contributed by atoms with Crippen molar-refractivity contribution in [1.82, 2.24) is 9.97 Å². The van der Waals surface area contributed by atoms with Crippen LogP contribution in [0.5, 0.6) is 0 Å². The highest BCUT2D eigenvalue weighted by Crippen LogP contribution is 2.32. The van der Waals surface area contributed by atoms with E-state index < -0.39 is 11.7 Å². The van der Waals surface area contributed by atoms with Crippen LogP contribution >= 0.6 is 11.6 Å². The summed E-state index contributed by atoms with van der Waals surface area (Å²) in [5.41, 5.74) is 0.769. The minimum Gasteiger partial charge on any atom is -0.354 e. The van der Waals surface area contributed by atoms with Crippen molar-refractivity contribution in [3.63, 3.8) is 0 Å². The highest BCUT2D eigenvalue weighted by Gasteiger charge is 2.31. The molecule has 0 aromatic carbocycles. The maximum Gasteiger partial charge on any atom is 0.416 e. The van der Waals surface area contributed by atoms with E-state index >= 15 is 0 Å². The van der Waals surface area contributed by atoms with Gasteiger partial charge in [0.2, 0.25) is 0 Å². The lowest BCUT2D eigenvalue weighted by Gasteiger charge is -2.19. The Balaban J connectivity index is 2.27. The molecule has 2 rings (SSSR count). The van der Waals surface area contributed by atoms with Gasteiger partial charge >= 0.3 is 6.18 Å². The number of aryl methyl sites for hydroxylation is 1. The molecule has 3 nitrogen and oxygen atoms in total. The summed E-state index contributed by atoms with van der Waals surface area (Å²) in [7, 11) is 1.64. The number of halogens is 4. The van der Waals surface area contributed by atoms with Gasteiger partial charge in [-0.05, 0) is 31.2 Å². The highest BCUT2D eigenvalue weighted by molar-refractivity contribution is 6.29. The SMILES string of the molecule is Cc1cccc(CN(C)c2cc(C(F)(F)F)cc(Cl)n2)n1. The zero-order valence-electron chi connectivity index (χ0n) is 11.4. The maximum absolute atomic E-state index is 12.8. The molecule has 7 heteroatoms. The summed E-state index contributed by atoms with van der Waals surface area (Å²) in [6.45, 7) is 2.19. The third-order valence-corrected chi connectivity index (χ3v) is 3.04. The van der Waals surface area contributed by atoms with Crippen molar-refractivity contribution in [2.75, 3.05) is 11.9 Å². The summed E-state index contributed by atoms with van der Waals surface area (Å²) >= 11 is 5.67. The Morgan fingerprint density at radius 2 is 1.90 bits per heavy atom. The highest BCUT2D eigenvalue weighted by atomic mass is 35.5. The van der Waals surface area contributed by atoms with Crippen LogP contribution in [0.2, 0.25) is 5.15 Å². The van der Waals surface area contributed by atoms with Crippen LogP contribution in [-0.4, -0.2) is 17.0 Å². The molecule has 2 aromatic heterocycles. The first-order valence-corrected chi connectivity index (χ1v) is 6.52. The lowest BCUT2D eigenvalue weighted by Crippen LogP contribution is -2.19. The zero-order valence-corrected chi connectivity index (χ0v) is 12.2. The Bertz CT molecular complexity index is 644. The molecule has 0 N–H and O–H groups in total. The van der Waals surface area contributed by atoms with Crippen LogP contribution in [0.25, 0.3) is 0 Å². The molecule has 0 aliphatic heterocycles. The van der Waals surface area contributed by atoms with Crippen LogP contribution in [0.4, 0.5) is 19.0 Å². The number of rotatable bonds is 3. The Morgan fingerprint density at radius 1 is 1.19 bits per heavy atom. The van der Waals surface area contributed by atoms with Gasteiger partial charge in [0, 0.05) is 12.7 Å². The number of aromatic nitrogens is 2. The van der Waals surface area contributed by atoms with Gasteiger partial charge in [0.1, 0.15) is 11.0 Å². The second kappa shape index (κ2) is 5.89. The average molecular weight is 316 g/mol. The second-order valence-electron chi connectivity index (χ2n) is 4.66. The van der Waals surface area contributed by atoms with Crippen molar-refractivity contribution in [2.24, 2.45) is 0 Å². The van der Waals surface area contributed by atoms with Gasteiger partial charge in [0.25, 0.3) is 0 Å². The van der Waals surface area contributed by atoms with Crippen molar-refractivity contribution in [3.8, 4) is 0 Å². The molecular formula is C14H13ClF3N3. The van der Waals surface area contributed by atoms with E-state index in [2.05, 4.69) is 9.97 Å². The predicted molar refractivity (Wildman–Crippen MR) is 75.3 cm³/mol. The number of pyridine rings is 2. The van der Waals surface area contributed by atoms with E-state index in [-0.39, 0.29) is 11.0 Å². The van der Waals surface area contributed by atoms with Crippen LogP contribution in [-0.2, 0) is 12.7 Å². The van der Waals surface area contributed by atoms with Crippen molar-refractivity contribution in [1.29, 1.82) is 0 Å². The first kappa shape index (κ1) is 15.6. The minimum atomic E-state index is -4.45. The molecular weight excluding hydrogens is 303 g/mol. The minimum absolute atomic E-state index is 0.151. The lowest BCUT2D eigenvalue weighted by molar-refractivity contribution is -0.137. The standard InChI is InChI=1S/C14H13ClF3N3/c1-9-4-3-5-11(19-9)8-21(2)13-7-10(14(16,17)18)6-12(15)20-13/h3-7H,8H2,1-2H3. The molecule has 0 unspecified atom stereocenters. The van der Waals surface area contributed by atoms with Crippen LogP contribution in [0.3, 0.4) is 0 Å². The van der Waals surface area contributed by atoms with E-state index in [9.17, 15) is 13.2 Å². The lowest BCUT2D eigenvalue weighted by atomic mass is 10.2. The van der Waals surface area contributed by atoms with Crippen LogP contribution in [0.1, 0.15) is 17.0 Å². The molecule has 21 heavy (non-hydrogen) atoms. The molecule has 2 heterocycles. The number of hydrogen-bond acceptors (Lipinski definition) is 3. The van der Waals surface area contributed by atoms with E-state index in [1.165, 1.54) is 0 Å². The van der Waals surface area contributed by atoms with Gasteiger partial charge < -0.3 is 4.90 Å². The van der Waals surface area contributed by atoms with E-state index in [1.54, 1.807) is 18.0 Å². The fourth-order valence-corrected chi connectivity index (χ4v) is 2.06. The Labute approximate surface area is 125 Å². The van der Waals surface area contributed by atoms with Crippen molar-refractivity contribution in [3.05, 3.63) is 52.4 Å². The van der Waals surface area contributed by atoms with Gasteiger partial charge in [-0.1, -0.05) is 17.7 Å². The number of hydrogen-bond donors (Lipinski definition) is 0. The average Bonchev–Trinajstić information content (AvgIpc) is 2.37. The molecule has 0 saturated heterocycles. The molecule has 0 spiro atoms. The fraction of sp³-hybridized carbons (Fsp3) is 0.286. The smallest absolute Gasteiger partial charge is 0.354 e. The zero-order chi connectivity index (χ0) is 15.6. The van der Waals surface area contributed by atoms with Crippen LogP contribution in [0, 0.1) is 6.92 Å². The van der Waals surface area contributed by atoms with Gasteiger partial charge in [0.05, 0.1) is 17.8 Å². The first-order chi connectivity index (χ1) is 9.75. The Morgan fingerprint density at radius 3 is 2.52 bits per heavy atom. The third-order valence-electron chi connectivity index (χ3n) is 2.84. The molecule has 0 fully saturated rings. The summed E-state index contributed by atoms with van der Waals surface area (Å²) < 4.78 is 38.3. The van der Waals surface area contributed by atoms with Crippen molar-refractivity contribution in [2.45, 2.75) is 19.6 Å². The normalized spacial score (nSPS) is 11.5. The molecule has 0 aliphatic carbocycles. The van der Waals surface area contributed by atoms with Crippen molar-refractivity contribution >= 4 is 17.4 Å². The Hall–Kier alpha value is -1.82. The molecule has 0 atom stereocenters. The molecule has 112 valence electrons. The maximum atomic E-state index is 12.8. The topological polar surface area (TPSA) is 29.0 Å². The third kappa shape index (κ3) is 4.07. The van der Waals surface area contributed by atoms with Crippen molar-refractivity contribution < 1.29 is 13.2 Å². The fourth-order valence-electron chi connectivity index (χ4n) is 1.85. The number of nitrogens with zero attached hydrogens (tertiary/aromatic N) is 3. The molecule has 2 aromatic rings. The predicted octanol–water partition coefficient (Wildman–Crippen LogP) is 4.09. The van der Waals surface area contributed by atoms with Crippen LogP contribution in [0.15, 0.2) is 30.3 Å². The van der Waals surface area contributed by atoms with Gasteiger partial charge in [-0.2, -0.15) is 13.2 Å². The summed E-state index contributed by atoms with van der Waals surface area (Å²) in [4.78, 5) is 9.81. The molecule has 0 saturated carbocycles. The second-order valence-corrected chi connectivity index (χ2v) is 5.05. The first-order valence-electron chi connectivity index (χ1n) is 6.14. The molecule has 0 bridgehead atoms. The quantitative estimate of drug-likeness (QED) is 0.799. The van der Waals surface area contributed by atoms with Gasteiger partial charge in [-0.15, -0.1) is 0 Å². The molecule has 0 amide bonds.